The molecule has 2 aromatic rings. The fraction of sp³-hybridized carbons (Fsp3) is 0.364. The fourth-order valence-corrected chi connectivity index (χ4v) is 3.03. The van der Waals surface area contributed by atoms with Gasteiger partial charge in [-0.15, -0.1) is 0 Å². The third-order valence-corrected chi connectivity index (χ3v) is 4.75. The topological polar surface area (TPSA) is 137 Å². The number of phenolic OH excluding ortho intramolecular Hbond substituents is 2. The molecule has 0 aliphatic heterocycles. The molecular formula is C22H28N2O7. The lowest BCUT2D eigenvalue weighted by atomic mass is 10.1. The Labute approximate surface area is 180 Å². The largest absolute Gasteiger partial charge is 0.504 e. The zero-order valence-electron chi connectivity index (χ0n) is 17.6. The van der Waals surface area contributed by atoms with Crippen molar-refractivity contribution >= 4 is 11.8 Å². The minimum atomic E-state index is -0.516. The number of methoxy groups -OCH3 is 2. The van der Waals surface area contributed by atoms with E-state index in [-0.39, 0.29) is 40.7 Å². The molecule has 0 aromatic heterocycles. The molecule has 1 unspecified atom stereocenters. The van der Waals surface area contributed by atoms with Crippen molar-refractivity contribution in [1.29, 1.82) is 0 Å². The average molecular weight is 432 g/mol. The van der Waals surface area contributed by atoms with Crippen molar-refractivity contribution in [3.05, 3.63) is 47.5 Å². The molecule has 5 N–H and O–H groups in total. The van der Waals surface area contributed by atoms with Crippen LogP contribution in [0.5, 0.6) is 23.0 Å². The number of unbranched alkanes of at least 4 members (excludes halogenated alkanes) is 1. The summed E-state index contributed by atoms with van der Waals surface area (Å²) >= 11 is 0. The van der Waals surface area contributed by atoms with Gasteiger partial charge in [0.25, 0.3) is 11.8 Å². The van der Waals surface area contributed by atoms with Crippen molar-refractivity contribution < 1.29 is 34.4 Å². The molecule has 0 fully saturated rings. The number of phenols is 2. The van der Waals surface area contributed by atoms with E-state index in [1.165, 1.54) is 32.4 Å². The van der Waals surface area contributed by atoms with Crippen LogP contribution in [0.15, 0.2) is 36.4 Å². The number of benzene rings is 2. The van der Waals surface area contributed by atoms with Crippen LogP contribution in [0.4, 0.5) is 0 Å². The second-order valence-corrected chi connectivity index (χ2v) is 6.82. The standard InChI is InChI=1S/C22H28N2O7/c1-30-17-10-5-8-15(19(17)26)21(28)23-12-4-3-7-14(13-25)24-22(29)16-9-6-11-18(31-2)20(16)27/h5-6,8-11,14,25-27H,3-4,7,12-13H2,1-2H3,(H,23,28)(H,24,29). The Bertz CT molecular complexity index is 901. The lowest BCUT2D eigenvalue weighted by Gasteiger charge is -2.17. The number of hydrogen-bond donors (Lipinski definition) is 5. The number of para-hydroxylation sites is 2. The van der Waals surface area contributed by atoms with Gasteiger partial charge in [0, 0.05) is 6.54 Å². The Morgan fingerprint density at radius 3 is 1.97 bits per heavy atom. The summed E-state index contributed by atoms with van der Waals surface area (Å²) in [5.41, 5.74) is 0.182. The molecule has 2 aromatic carbocycles. The quantitative estimate of drug-likeness (QED) is 0.342. The molecule has 31 heavy (non-hydrogen) atoms. The van der Waals surface area contributed by atoms with Gasteiger partial charge >= 0.3 is 0 Å². The number of aliphatic hydroxyl groups excluding tert-OH is 1. The highest BCUT2D eigenvalue weighted by molar-refractivity contribution is 5.98. The number of carbonyl (C=O) groups excluding carboxylic acids is 2. The molecule has 0 heterocycles. The first-order valence-corrected chi connectivity index (χ1v) is 9.84. The van der Waals surface area contributed by atoms with E-state index in [0.717, 1.165) is 0 Å². The lowest BCUT2D eigenvalue weighted by molar-refractivity contribution is 0.0908. The SMILES string of the molecule is COc1cccc(C(=O)NCCCCC(CO)NC(=O)c2cccc(OC)c2O)c1O. The molecule has 0 bridgehead atoms. The van der Waals surface area contributed by atoms with Gasteiger partial charge in [0.05, 0.1) is 38.0 Å². The van der Waals surface area contributed by atoms with E-state index in [0.29, 0.717) is 25.8 Å². The van der Waals surface area contributed by atoms with Crippen LogP contribution in [-0.4, -0.2) is 60.5 Å². The summed E-state index contributed by atoms with van der Waals surface area (Å²) in [6, 6.07) is 8.75. The molecule has 0 saturated carbocycles. The molecule has 1 atom stereocenters. The minimum absolute atomic E-state index is 0.0585. The van der Waals surface area contributed by atoms with Gasteiger partial charge in [-0.3, -0.25) is 9.59 Å². The smallest absolute Gasteiger partial charge is 0.255 e. The number of aliphatic hydroxyl groups is 1. The van der Waals surface area contributed by atoms with Gasteiger partial charge < -0.3 is 35.4 Å². The van der Waals surface area contributed by atoms with Gasteiger partial charge in [-0.2, -0.15) is 0 Å². The number of rotatable bonds is 11. The van der Waals surface area contributed by atoms with Crippen LogP contribution in [-0.2, 0) is 0 Å². The first kappa shape index (κ1) is 23.8. The molecule has 9 nitrogen and oxygen atoms in total. The highest BCUT2D eigenvalue weighted by atomic mass is 16.5. The molecule has 0 saturated heterocycles. The monoisotopic (exact) mass is 432 g/mol. The van der Waals surface area contributed by atoms with Crippen molar-refractivity contribution in [1.82, 2.24) is 10.6 Å². The maximum atomic E-state index is 12.4. The highest BCUT2D eigenvalue weighted by Crippen LogP contribution is 2.30. The molecule has 0 radical (unpaired) electrons. The van der Waals surface area contributed by atoms with Crippen LogP contribution in [0, 0.1) is 0 Å². The zero-order chi connectivity index (χ0) is 22.8. The normalized spacial score (nSPS) is 11.5. The molecule has 2 rings (SSSR count). The number of nitrogens with one attached hydrogen (secondary N) is 2. The van der Waals surface area contributed by atoms with Crippen LogP contribution >= 0.6 is 0 Å². The van der Waals surface area contributed by atoms with Crippen LogP contribution in [0.1, 0.15) is 40.0 Å². The fourth-order valence-electron chi connectivity index (χ4n) is 3.03. The predicted octanol–water partition coefficient (Wildman–Crippen LogP) is 1.81. The van der Waals surface area contributed by atoms with Gasteiger partial charge in [-0.1, -0.05) is 12.1 Å². The van der Waals surface area contributed by atoms with Crippen molar-refractivity contribution in [2.75, 3.05) is 27.4 Å². The summed E-state index contributed by atoms with van der Waals surface area (Å²) in [4.78, 5) is 24.6. The Balaban J connectivity index is 1.79. The number of ether oxygens (including phenoxy) is 2. The van der Waals surface area contributed by atoms with E-state index in [2.05, 4.69) is 10.6 Å². The van der Waals surface area contributed by atoms with Gasteiger partial charge in [0.1, 0.15) is 0 Å². The molecule has 2 amide bonds. The number of hydrogen-bond acceptors (Lipinski definition) is 7. The molecule has 0 aliphatic carbocycles. The Kier molecular flexibility index (Phi) is 8.95. The van der Waals surface area contributed by atoms with Crippen LogP contribution < -0.4 is 20.1 Å². The number of carbonyl (C=O) groups is 2. The van der Waals surface area contributed by atoms with E-state index in [9.17, 15) is 24.9 Å². The van der Waals surface area contributed by atoms with Crippen molar-refractivity contribution in [2.24, 2.45) is 0 Å². The summed E-state index contributed by atoms with van der Waals surface area (Å²) < 4.78 is 9.98. The maximum absolute atomic E-state index is 12.4. The van der Waals surface area contributed by atoms with Gasteiger partial charge in [0.15, 0.2) is 23.0 Å². The molecule has 9 heteroatoms. The Morgan fingerprint density at radius 2 is 1.45 bits per heavy atom. The number of amides is 2. The van der Waals surface area contributed by atoms with Crippen molar-refractivity contribution in [3.8, 4) is 23.0 Å². The van der Waals surface area contributed by atoms with Crippen LogP contribution in [0.3, 0.4) is 0 Å². The van der Waals surface area contributed by atoms with E-state index in [4.69, 9.17) is 9.47 Å². The van der Waals surface area contributed by atoms with Gasteiger partial charge in [-0.25, -0.2) is 0 Å². The second kappa shape index (κ2) is 11.7. The van der Waals surface area contributed by atoms with Crippen LogP contribution in [0.2, 0.25) is 0 Å². The lowest BCUT2D eigenvalue weighted by Crippen LogP contribution is -2.37. The third-order valence-electron chi connectivity index (χ3n) is 4.75. The minimum Gasteiger partial charge on any atom is -0.504 e. The van der Waals surface area contributed by atoms with Crippen LogP contribution in [0.25, 0.3) is 0 Å². The molecule has 168 valence electrons. The first-order chi connectivity index (χ1) is 14.9. The average Bonchev–Trinajstić information content (AvgIpc) is 2.78. The summed E-state index contributed by atoms with van der Waals surface area (Å²) in [5.74, 6) is -1.01. The number of aromatic hydroxyl groups is 2. The molecular weight excluding hydrogens is 404 g/mol. The molecule has 0 aliphatic rings. The second-order valence-electron chi connectivity index (χ2n) is 6.82. The van der Waals surface area contributed by atoms with Gasteiger partial charge in [-0.05, 0) is 43.5 Å². The first-order valence-electron chi connectivity index (χ1n) is 9.84. The Hall–Kier alpha value is -3.46. The van der Waals surface area contributed by atoms with Crippen molar-refractivity contribution in [2.45, 2.75) is 25.3 Å². The predicted molar refractivity (Wildman–Crippen MR) is 114 cm³/mol. The summed E-state index contributed by atoms with van der Waals surface area (Å²) in [6.07, 6.45) is 1.71. The summed E-state index contributed by atoms with van der Waals surface area (Å²) in [7, 11) is 2.80. The van der Waals surface area contributed by atoms with Gasteiger partial charge in [0.2, 0.25) is 0 Å². The summed E-state index contributed by atoms with van der Waals surface area (Å²) in [6.45, 7) is 0.0960. The zero-order valence-corrected chi connectivity index (χ0v) is 17.6. The third kappa shape index (κ3) is 6.26. The summed E-state index contributed by atoms with van der Waals surface area (Å²) in [5, 5.41) is 35.0. The van der Waals surface area contributed by atoms with E-state index < -0.39 is 17.9 Å². The van der Waals surface area contributed by atoms with E-state index in [1.54, 1.807) is 18.2 Å². The van der Waals surface area contributed by atoms with Crippen molar-refractivity contribution in [3.63, 3.8) is 0 Å². The van der Waals surface area contributed by atoms with E-state index in [1.807, 2.05) is 0 Å². The highest BCUT2D eigenvalue weighted by Gasteiger charge is 2.18. The maximum Gasteiger partial charge on any atom is 0.255 e. The Morgan fingerprint density at radius 1 is 0.903 bits per heavy atom. The molecule has 0 spiro atoms. The van der Waals surface area contributed by atoms with E-state index >= 15 is 0 Å².